The van der Waals surface area contributed by atoms with E-state index in [1.54, 1.807) is 7.11 Å². The Kier molecular flexibility index (Phi) is 5.43. The van der Waals surface area contributed by atoms with Crippen molar-refractivity contribution in [3.05, 3.63) is 42.2 Å². The van der Waals surface area contributed by atoms with Crippen LogP contribution in [0.2, 0.25) is 0 Å². The summed E-state index contributed by atoms with van der Waals surface area (Å²) >= 11 is 0. The number of para-hydroxylation sites is 1. The maximum absolute atomic E-state index is 5.70. The highest BCUT2D eigenvalue weighted by Gasteiger charge is 2.05. The Bertz CT molecular complexity index is 511. The van der Waals surface area contributed by atoms with E-state index in [1.165, 1.54) is 0 Å². The van der Waals surface area contributed by atoms with Crippen molar-refractivity contribution in [3.8, 4) is 5.75 Å². The lowest BCUT2D eigenvalue weighted by atomic mass is 10.3. The fourth-order valence-corrected chi connectivity index (χ4v) is 1.90. The Morgan fingerprint density at radius 2 is 2.00 bits per heavy atom. The van der Waals surface area contributed by atoms with Crippen LogP contribution in [0.4, 0.5) is 5.95 Å². The van der Waals surface area contributed by atoms with Crippen LogP contribution in [0.5, 0.6) is 5.75 Å². The van der Waals surface area contributed by atoms with Gasteiger partial charge < -0.3 is 19.4 Å². The van der Waals surface area contributed by atoms with E-state index in [-0.39, 0.29) is 0 Å². The van der Waals surface area contributed by atoms with Gasteiger partial charge in [0.05, 0.1) is 18.8 Å². The molecule has 0 radical (unpaired) electrons. The van der Waals surface area contributed by atoms with Crippen molar-refractivity contribution in [1.82, 2.24) is 9.55 Å². The number of imidazole rings is 1. The van der Waals surface area contributed by atoms with Crippen LogP contribution < -0.4 is 10.1 Å². The summed E-state index contributed by atoms with van der Waals surface area (Å²) in [5.74, 6) is 1.74. The van der Waals surface area contributed by atoms with Gasteiger partial charge >= 0.3 is 0 Å². The van der Waals surface area contributed by atoms with Gasteiger partial charge in [-0.25, -0.2) is 4.98 Å². The fraction of sp³-hybridized carbons (Fsp3) is 0.400. The lowest BCUT2D eigenvalue weighted by molar-refractivity contribution is 0.210. The number of anilines is 1. The molecule has 0 aliphatic rings. The van der Waals surface area contributed by atoms with Crippen molar-refractivity contribution < 1.29 is 9.47 Å². The zero-order valence-electron chi connectivity index (χ0n) is 12.0. The minimum absolute atomic E-state index is 0.610. The number of ether oxygens (including phenoxy) is 2. The number of aryl methyl sites for hydroxylation is 1. The topological polar surface area (TPSA) is 48.3 Å². The molecule has 0 atom stereocenters. The van der Waals surface area contributed by atoms with Gasteiger partial charge in [0.1, 0.15) is 12.4 Å². The van der Waals surface area contributed by atoms with Crippen LogP contribution in [0, 0.1) is 6.92 Å². The number of rotatable bonds is 8. The first kappa shape index (κ1) is 14.4. The van der Waals surface area contributed by atoms with Crippen molar-refractivity contribution >= 4 is 5.95 Å². The number of nitrogens with one attached hydrogen (secondary N) is 1. The molecule has 0 unspecified atom stereocenters. The average molecular weight is 275 g/mol. The minimum atomic E-state index is 0.610. The second-order valence-electron chi connectivity index (χ2n) is 4.48. The van der Waals surface area contributed by atoms with Crippen molar-refractivity contribution in [2.24, 2.45) is 0 Å². The van der Waals surface area contributed by atoms with Crippen LogP contribution in [0.3, 0.4) is 0 Å². The van der Waals surface area contributed by atoms with Crippen LogP contribution in [-0.2, 0) is 11.3 Å². The van der Waals surface area contributed by atoms with E-state index < -0.39 is 0 Å². The van der Waals surface area contributed by atoms with Crippen LogP contribution in [0.25, 0.3) is 0 Å². The van der Waals surface area contributed by atoms with Gasteiger partial charge in [-0.1, -0.05) is 18.2 Å². The third-order valence-electron chi connectivity index (χ3n) is 2.83. The lowest BCUT2D eigenvalue weighted by Gasteiger charge is -2.10. The summed E-state index contributed by atoms with van der Waals surface area (Å²) in [6, 6.07) is 9.82. The number of hydrogen-bond donors (Lipinski definition) is 1. The Morgan fingerprint density at radius 3 is 2.75 bits per heavy atom. The molecule has 0 aliphatic carbocycles. The van der Waals surface area contributed by atoms with Crippen molar-refractivity contribution in [2.75, 3.05) is 32.2 Å². The third-order valence-corrected chi connectivity index (χ3v) is 2.83. The summed E-state index contributed by atoms with van der Waals surface area (Å²) in [6.45, 7) is 4.75. The molecule has 0 aliphatic heterocycles. The highest BCUT2D eigenvalue weighted by Crippen LogP contribution is 2.11. The molecule has 1 aromatic carbocycles. The summed E-state index contributed by atoms with van der Waals surface area (Å²) in [5, 5.41) is 3.25. The molecule has 5 heteroatoms. The molecule has 1 heterocycles. The smallest absolute Gasteiger partial charge is 0.203 e. The fourth-order valence-electron chi connectivity index (χ4n) is 1.90. The monoisotopic (exact) mass is 275 g/mol. The molecule has 0 spiro atoms. The zero-order valence-corrected chi connectivity index (χ0v) is 12.0. The summed E-state index contributed by atoms with van der Waals surface area (Å²) in [5.41, 5.74) is 0.990. The number of benzene rings is 1. The van der Waals surface area contributed by atoms with E-state index in [2.05, 4.69) is 14.9 Å². The van der Waals surface area contributed by atoms with Crippen molar-refractivity contribution in [3.63, 3.8) is 0 Å². The number of hydrogen-bond acceptors (Lipinski definition) is 4. The molecule has 1 N–H and O–H groups in total. The average Bonchev–Trinajstić information content (AvgIpc) is 2.81. The number of methoxy groups -OCH3 is 1. The molecule has 108 valence electrons. The van der Waals surface area contributed by atoms with Gasteiger partial charge in [-0.05, 0) is 19.1 Å². The molecule has 1 aromatic heterocycles. The van der Waals surface area contributed by atoms with Gasteiger partial charge in [-0.3, -0.25) is 0 Å². The van der Waals surface area contributed by atoms with Crippen LogP contribution in [0.15, 0.2) is 36.5 Å². The predicted molar refractivity (Wildman–Crippen MR) is 79.3 cm³/mol. The molecule has 20 heavy (non-hydrogen) atoms. The van der Waals surface area contributed by atoms with Gasteiger partial charge in [-0.15, -0.1) is 0 Å². The maximum atomic E-state index is 5.70. The van der Waals surface area contributed by atoms with E-state index in [0.717, 1.165) is 30.5 Å². The van der Waals surface area contributed by atoms with E-state index in [9.17, 15) is 0 Å². The van der Waals surface area contributed by atoms with Crippen molar-refractivity contribution in [2.45, 2.75) is 13.5 Å². The van der Waals surface area contributed by atoms with Crippen LogP contribution in [-0.4, -0.2) is 36.4 Å². The van der Waals surface area contributed by atoms with Gasteiger partial charge in [0.25, 0.3) is 0 Å². The molecular formula is C15H21N3O2. The minimum Gasteiger partial charge on any atom is -0.492 e. The van der Waals surface area contributed by atoms with E-state index in [4.69, 9.17) is 9.47 Å². The van der Waals surface area contributed by atoms with E-state index in [1.807, 2.05) is 43.5 Å². The second-order valence-corrected chi connectivity index (χ2v) is 4.48. The SMILES string of the molecule is COCCNc1nc(C)cn1CCOc1ccccc1. The summed E-state index contributed by atoms with van der Waals surface area (Å²) in [7, 11) is 1.69. The molecule has 0 amide bonds. The largest absolute Gasteiger partial charge is 0.492 e. The molecule has 2 aromatic rings. The predicted octanol–water partition coefficient (Wildman–Crippen LogP) is 2.33. The maximum Gasteiger partial charge on any atom is 0.203 e. The Balaban J connectivity index is 1.85. The summed E-state index contributed by atoms with van der Waals surface area (Å²) in [4.78, 5) is 4.45. The van der Waals surface area contributed by atoms with Gasteiger partial charge in [-0.2, -0.15) is 0 Å². The van der Waals surface area contributed by atoms with Gasteiger partial charge in [0.2, 0.25) is 5.95 Å². The number of aromatic nitrogens is 2. The first-order valence-corrected chi connectivity index (χ1v) is 6.74. The van der Waals surface area contributed by atoms with Crippen LogP contribution in [0.1, 0.15) is 5.69 Å². The highest BCUT2D eigenvalue weighted by molar-refractivity contribution is 5.28. The molecule has 2 rings (SSSR count). The zero-order chi connectivity index (χ0) is 14.2. The molecule has 0 bridgehead atoms. The Labute approximate surface area is 119 Å². The van der Waals surface area contributed by atoms with Crippen molar-refractivity contribution in [1.29, 1.82) is 0 Å². The van der Waals surface area contributed by atoms with Gasteiger partial charge in [0, 0.05) is 19.9 Å². The summed E-state index contributed by atoms with van der Waals surface area (Å²) in [6.07, 6.45) is 2.02. The standard InChI is InChI=1S/C15H21N3O2/c1-13-12-18(15(17-13)16-8-10-19-2)9-11-20-14-6-4-3-5-7-14/h3-7,12H,8-11H2,1-2H3,(H,16,17). The van der Waals surface area contributed by atoms with Gasteiger partial charge in [0.15, 0.2) is 0 Å². The van der Waals surface area contributed by atoms with Crippen LogP contribution >= 0.6 is 0 Å². The lowest BCUT2D eigenvalue weighted by Crippen LogP contribution is -2.14. The molecule has 0 saturated heterocycles. The third kappa shape index (κ3) is 4.28. The normalized spacial score (nSPS) is 10.5. The first-order valence-electron chi connectivity index (χ1n) is 6.74. The quantitative estimate of drug-likeness (QED) is 0.751. The van der Waals surface area contributed by atoms with E-state index in [0.29, 0.717) is 13.2 Å². The number of nitrogens with zero attached hydrogens (tertiary/aromatic N) is 2. The second kappa shape index (κ2) is 7.55. The molecular weight excluding hydrogens is 254 g/mol. The molecule has 0 saturated carbocycles. The Hall–Kier alpha value is -2.01. The molecule has 0 fully saturated rings. The first-order chi connectivity index (χ1) is 9.79. The summed E-state index contributed by atoms with van der Waals surface area (Å²) < 4.78 is 12.8. The van der Waals surface area contributed by atoms with E-state index >= 15 is 0 Å². The molecule has 5 nitrogen and oxygen atoms in total. The highest BCUT2D eigenvalue weighted by atomic mass is 16.5. The Morgan fingerprint density at radius 1 is 1.20 bits per heavy atom.